The van der Waals surface area contributed by atoms with Crippen LogP contribution in [0.5, 0.6) is 17.2 Å². The van der Waals surface area contributed by atoms with E-state index in [9.17, 15) is 9.18 Å². The zero-order valence-corrected chi connectivity index (χ0v) is 11.4. The molecule has 1 aliphatic heterocycles. The highest BCUT2D eigenvalue weighted by molar-refractivity contribution is 5.73. The molecule has 2 amide bonds. The van der Waals surface area contributed by atoms with Gasteiger partial charge < -0.3 is 14.8 Å². The molecule has 1 atom stereocenters. The van der Waals surface area contributed by atoms with E-state index in [2.05, 4.69) is 5.32 Å². The lowest BCUT2D eigenvalue weighted by molar-refractivity contribution is 0.136. The van der Waals surface area contributed by atoms with Gasteiger partial charge in [0.25, 0.3) is 0 Å². The lowest BCUT2D eigenvalue weighted by Gasteiger charge is -2.13. The predicted molar refractivity (Wildman–Crippen MR) is 74.5 cm³/mol. The van der Waals surface area contributed by atoms with Gasteiger partial charge in [0.1, 0.15) is 11.6 Å². The number of halogens is 1. The molecule has 7 heteroatoms. The van der Waals surface area contributed by atoms with Crippen molar-refractivity contribution in [2.45, 2.75) is 12.6 Å². The van der Waals surface area contributed by atoms with Gasteiger partial charge in [-0.25, -0.2) is 14.7 Å². The molecular formula is C15H13FN2O4. The van der Waals surface area contributed by atoms with Crippen molar-refractivity contribution in [2.75, 3.05) is 0 Å². The number of fused-ring (bicyclic) bond motifs is 1. The second kappa shape index (κ2) is 5.90. The van der Waals surface area contributed by atoms with Crippen molar-refractivity contribution in [3.8, 4) is 17.2 Å². The van der Waals surface area contributed by atoms with E-state index in [1.54, 1.807) is 12.1 Å². The molecule has 0 saturated carbocycles. The number of rotatable bonds is 3. The summed E-state index contributed by atoms with van der Waals surface area (Å²) in [7, 11) is 0. The number of carbonyl (C=O) groups excluding carboxylic acids is 1. The fraction of sp³-hybridized carbons (Fsp3) is 0.133. The smallest absolute Gasteiger partial charge is 0.341 e. The zero-order chi connectivity index (χ0) is 15.5. The number of carbonyl (C=O) groups is 1. The second-order valence-electron chi connectivity index (χ2n) is 4.70. The first-order valence-electron chi connectivity index (χ1n) is 6.58. The number of urea groups is 1. The van der Waals surface area contributed by atoms with Gasteiger partial charge in [0.2, 0.25) is 0 Å². The number of benzene rings is 2. The lowest BCUT2D eigenvalue weighted by atomic mass is 10.1. The van der Waals surface area contributed by atoms with Crippen molar-refractivity contribution in [3.63, 3.8) is 0 Å². The molecule has 0 bridgehead atoms. The Morgan fingerprint density at radius 2 is 2.05 bits per heavy atom. The molecule has 0 fully saturated rings. The number of hydroxylamine groups is 1. The molecular weight excluding hydrogens is 291 g/mol. The summed E-state index contributed by atoms with van der Waals surface area (Å²) in [6, 6.07) is 10.2. The maximum Gasteiger partial charge on any atom is 0.341 e. The van der Waals surface area contributed by atoms with Crippen molar-refractivity contribution < 1.29 is 23.9 Å². The Hall–Kier alpha value is -2.80. The number of hydrogen-bond donors (Lipinski definition) is 3. The topological polar surface area (TPSA) is 79.8 Å². The average Bonchev–Trinajstić information content (AvgIpc) is 2.93. The van der Waals surface area contributed by atoms with E-state index in [1.807, 2.05) is 6.07 Å². The minimum atomic E-state index is -0.751. The Morgan fingerprint density at radius 1 is 1.27 bits per heavy atom. The van der Waals surface area contributed by atoms with Gasteiger partial charge in [0.05, 0.1) is 0 Å². The molecule has 2 aromatic carbocycles. The molecule has 3 rings (SSSR count). The number of amides is 2. The van der Waals surface area contributed by atoms with E-state index < -0.39 is 12.3 Å². The van der Waals surface area contributed by atoms with E-state index in [4.69, 9.17) is 14.7 Å². The van der Waals surface area contributed by atoms with Crippen molar-refractivity contribution in [1.29, 1.82) is 0 Å². The van der Waals surface area contributed by atoms with Gasteiger partial charge in [-0.1, -0.05) is 12.1 Å². The van der Waals surface area contributed by atoms with Crippen LogP contribution in [-0.2, 0) is 6.42 Å². The molecule has 0 radical (unpaired) electrons. The normalized spacial score (nSPS) is 15.6. The summed E-state index contributed by atoms with van der Waals surface area (Å²) in [6.07, 6.45) is -0.149. The van der Waals surface area contributed by atoms with E-state index >= 15 is 0 Å². The fourth-order valence-electron chi connectivity index (χ4n) is 2.21. The highest BCUT2D eigenvalue weighted by atomic mass is 19.1. The maximum absolute atomic E-state index is 12.9. The van der Waals surface area contributed by atoms with Gasteiger partial charge in [-0.3, -0.25) is 5.21 Å². The molecule has 1 unspecified atom stereocenters. The van der Waals surface area contributed by atoms with Gasteiger partial charge in [-0.2, -0.15) is 0 Å². The number of nitrogens with one attached hydrogen (secondary N) is 2. The number of para-hydroxylation sites is 1. The Labute approximate surface area is 125 Å². The molecule has 1 aliphatic rings. The summed E-state index contributed by atoms with van der Waals surface area (Å²) in [5.74, 6) is 1.11. The molecule has 0 saturated heterocycles. The molecule has 1 heterocycles. The van der Waals surface area contributed by atoms with Crippen LogP contribution in [-0.4, -0.2) is 17.5 Å². The van der Waals surface area contributed by atoms with Crippen molar-refractivity contribution in [3.05, 3.63) is 53.8 Å². The maximum atomic E-state index is 12.9. The van der Waals surface area contributed by atoms with Crippen LogP contribution in [0.4, 0.5) is 9.18 Å². The van der Waals surface area contributed by atoms with E-state index in [1.165, 1.54) is 29.7 Å². The molecule has 6 nitrogen and oxygen atoms in total. The fourth-order valence-corrected chi connectivity index (χ4v) is 2.21. The zero-order valence-electron chi connectivity index (χ0n) is 11.4. The summed E-state index contributed by atoms with van der Waals surface area (Å²) >= 11 is 0. The SMILES string of the molecule is O=C(NO)NC1Cc2cccc(Oc3ccc(F)cc3)c2O1. The molecule has 3 N–H and O–H groups in total. The van der Waals surface area contributed by atoms with Crippen LogP contribution in [0, 0.1) is 5.82 Å². The molecule has 0 spiro atoms. The summed E-state index contributed by atoms with van der Waals surface area (Å²) in [4.78, 5) is 11.1. The molecule has 22 heavy (non-hydrogen) atoms. The standard InChI is InChI=1S/C15H13FN2O4/c16-10-4-6-11(7-5-10)21-12-3-1-2-9-8-13(22-14(9)12)17-15(19)18-20/h1-7,13,20H,8H2,(H2,17,18,19). The van der Waals surface area contributed by atoms with Gasteiger partial charge in [-0.05, 0) is 30.3 Å². The van der Waals surface area contributed by atoms with E-state index in [0.717, 1.165) is 5.56 Å². The van der Waals surface area contributed by atoms with Crippen LogP contribution in [0.1, 0.15) is 5.56 Å². The Morgan fingerprint density at radius 3 is 2.77 bits per heavy atom. The van der Waals surface area contributed by atoms with E-state index in [-0.39, 0.29) is 5.82 Å². The summed E-state index contributed by atoms with van der Waals surface area (Å²) in [5.41, 5.74) is 2.35. The first-order chi connectivity index (χ1) is 10.7. The highest BCUT2D eigenvalue weighted by Crippen LogP contribution is 2.39. The minimum Gasteiger partial charge on any atom is -0.466 e. The third-order valence-electron chi connectivity index (χ3n) is 3.16. The summed E-state index contributed by atoms with van der Waals surface area (Å²) in [6.45, 7) is 0. The van der Waals surface area contributed by atoms with Crippen LogP contribution in [0.15, 0.2) is 42.5 Å². The third-order valence-corrected chi connectivity index (χ3v) is 3.16. The van der Waals surface area contributed by atoms with Crippen molar-refractivity contribution >= 4 is 6.03 Å². The van der Waals surface area contributed by atoms with Crippen LogP contribution < -0.4 is 20.3 Å². The first-order valence-corrected chi connectivity index (χ1v) is 6.58. The molecule has 0 aliphatic carbocycles. The number of hydrogen-bond acceptors (Lipinski definition) is 4. The first kappa shape index (κ1) is 14.2. The van der Waals surface area contributed by atoms with Crippen molar-refractivity contribution in [2.24, 2.45) is 0 Å². The van der Waals surface area contributed by atoms with Gasteiger partial charge >= 0.3 is 6.03 Å². The Kier molecular flexibility index (Phi) is 3.80. The highest BCUT2D eigenvalue weighted by Gasteiger charge is 2.27. The van der Waals surface area contributed by atoms with Crippen LogP contribution in [0.3, 0.4) is 0 Å². The summed E-state index contributed by atoms with van der Waals surface area (Å²) in [5, 5.41) is 11.0. The van der Waals surface area contributed by atoms with Gasteiger partial charge in [-0.15, -0.1) is 0 Å². The third kappa shape index (κ3) is 2.94. The summed E-state index contributed by atoms with van der Waals surface area (Å²) < 4.78 is 24.2. The predicted octanol–water partition coefficient (Wildman–Crippen LogP) is 2.57. The Bertz CT molecular complexity index is 690. The molecule has 2 aromatic rings. The van der Waals surface area contributed by atoms with Crippen molar-refractivity contribution in [1.82, 2.24) is 10.8 Å². The molecule has 0 aromatic heterocycles. The minimum absolute atomic E-state index is 0.346. The lowest BCUT2D eigenvalue weighted by Crippen LogP contribution is -2.43. The quantitative estimate of drug-likeness (QED) is 0.601. The molecule has 114 valence electrons. The Balaban J connectivity index is 1.77. The van der Waals surface area contributed by atoms with Crippen LogP contribution in [0.25, 0.3) is 0 Å². The largest absolute Gasteiger partial charge is 0.466 e. The van der Waals surface area contributed by atoms with Gasteiger partial charge in [0, 0.05) is 12.0 Å². The van der Waals surface area contributed by atoms with Gasteiger partial charge in [0.15, 0.2) is 17.7 Å². The van der Waals surface area contributed by atoms with Crippen LogP contribution in [0.2, 0.25) is 0 Å². The van der Waals surface area contributed by atoms with E-state index in [0.29, 0.717) is 23.7 Å². The average molecular weight is 304 g/mol. The monoisotopic (exact) mass is 304 g/mol. The number of ether oxygens (including phenoxy) is 2. The van der Waals surface area contributed by atoms with Crippen LogP contribution >= 0.6 is 0 Å². The second-order valence-corrected chi connectivity index (χ2v) is 4.70.